The molecule has 6 heterocycles. The summed E-state index contributed by atoms with van der Waals surface area (Å²) in [5.74, 6) is 0. The van der Waals surface area contributed by atoms with Gasteiger partial charge in [0.1, 0.15) is 0 Å². The van der Waals surface area contributed by atoms with E-state index in [2.05, 4.69) is 177 Å². The summed E-state index contributed by atoms with van der Waals surface area (Å²) in [6, 6.07) is 52.0. The molecule has 0 atom stereocenters. The molecular formula is C44H28AlN4+. The monoisotopic (exact) mass is 639 g/mol. The van der Waals surface area contributed by atoms with Crippen LogP contribution in [0.15, 0.2) is 146 Å². The Morgan fingerprint density at radius 3 is 0.796 bits per heavy atom. The maximum atomic E-state index is 5.44. The molecule has 0 radical (unpaired) electrons. The van der Waals surface area contributed by atoms with E-state index < -0.39 is 15.2 Å². The van der Waals surface area contributed by atoms with Gasteiger partial charge in [-0.05, 0) is 0 Å². The minimum absolute atomic E-state index is 0.533. The third-order valence-electron chi connectivity index (χ3n) is 9.65. The molecule has 0 saturated heterocycles. The summed E-state index contributed by atoms with van der Waals surface area (Å²) < 4.78 is 5.12. The quantitative estimate of drug-likeness (QED) is 0.180. The summed E-state index contributed by atoms with van der Waals surface area (Å²) in [4.78, 5) is 10.9. The molecule has 0 aliphatic carbocycles. The van der Waals surface area contributed by atoms with E-state index in [1.54, 1.807) is 0 Å². The number of fused-ring (bicyclic) bond motifs is 4. The average Bonchev–Trinajstić information content (AvgIpc) is 3.98. The maximum absolute atomic E-state index is 5.44. The average molecular weight is 640 g/mol. The van der Waals surface area contributed by atoms with E-state index in [0.717, 1.165) is 89.4 Å². The van der Waals surface area contributed by atoms with Crippen molar-refractivity contribution in [2.45, 2.75) is 0 Å². The Hall–Kier alpha value is -5.99. The van der Waals surface area contributed by atoms with E-state index in [9.17, 15) is 0 Å². The molecule has 8 aromatic rings. The topological polar surface area (TPSA) is 34.6 Å². The van der Waals surface area contributed by atoms with Crippen molar-refractivity contribution in [2.75, 3.05) is 0 Å². The second-order valence-electron chi connectivity index (χ2n) is 12.5. The van der Waals surface area contributed by atoms with Crippen molar-refractivity contribution in [1.29, 1.82) is 0 Å². The van der Waals surface area contributed by atoms with Gasteiger partial charge >= 0.3 is 291 Å². The van der Waals surface area contributed by atoms with E-state index in [4.69, 9.17) is 9.97 Å². The molecule has 226 valence electrons. The molecule has 4 aromatic carbocycles. The first-order valence-electron chi connectivity index (χ1n) is 16.6. The molecule has 2 aliphatic heterocycles. The van der Waals surface area contributed by atoms with Gasteiger partial charge in [-0.2, -0.15) is 0 Å². The van der Waals surface area contributed by atoms with Gasteiger partial charge in [0.25, 0.3) is 0 Å². The summed E-state index contributed by atoms with van der Waals surface area (Å²) in [7, 11) is 0. The van der Waals surface area contributed by atoms with Gasteiger partial charge in [0.2, 0.25) is 0 Å². The molecule has 2 aliphatic rings. The minimum atomic E-state index is -0.533. The van der Waals surface area contributed by atoms with E-state index in [0.29, 0.717) is 0 Å². The van der Waals surface area contributed by atoms with Crippen molar-refractivity contribution in [1.82, 2.24) is 16.7 Å². The third kappa shape index (κ3) is 4.52. The number of nitrogens with zero attached hydrogens (tertiary/aromatic N) is 4. The van der Waals surface area contributed by atoms with Crippen LogP contribution in [-0.2, 0) is 0 Å². The van der Waals surface area contributed by atoms with Crippen LogP contribution < -0.4 is 0 Å². The summed E-state index contributed by atoms with van der Waals surface area (Å²) in [5, 5.41) is 0. The van der Waals surface area contributed by atoms with Crippen LogP contribution in [0.4, 0.5) is 0 Å². The van der Waals surface area contributed by atoms with Crippen molar-refractivity contribution in [3.63, 3.8) is 0 Å². The number of hydrogen-bond donors (Lipinski definition) is 0. The van der Waals surface area contributed by atoms with E-state index >= 15 is 0 Å². The van der Waals surface area contributed by atoms with Crippen LogP contribution in [0, 0.1) is 0 Å². The SMILES string of the molecule is C1=Cc2nc1c(-c1ccccc1)c1ccc3c(-c4ccccc4)c4nc(c(-c5ccccc5)c5ccc(c2-c2ccccc2)[n]5[Al+][n]13)C=C4. The Morgan fingerprint density at radius 1 is 0.306 bits per heavy atom. The predicted octanol–water partition coefficient (Wildman–Crippen LogP) is 10.5. The van der Waals surface area contributed by atoms with Crippen LogP contribution in [-0.4, -0.2) is 31.9 Å². The molecule has 0 fully saturated rings. The number of aromatic nitrogens is 4. The fraction of sp³-hybridized carbons (Fsp3) is 0. The zero-order valence-electron chi connectivity index (χ0n) is 26.5. The molecule has 0 unspecified atom stereocenters. The van der Waals surface area contributed by atoms with Gasteiger partial charge in [0, 0.05) is 0 Å². The Labute approximate surface area is 290 Å². The normalized spacial score (nSPS) is 12.2. The summed E-state index contributed by atoms with van der Waals surface area (Å²) in [5.41, 5.74) is 17.6. The van der Waals surface area contributed by atoms with Crippen molar-refractivity contribution < 1.29 is 0 Å². The Bertz CT molecular complexity index is 2370. The van der Waals surface area contributed by atoms with Gasteiger partial charge in [-0.3, -0.25) is 0 Å². The molecule has 6 bridgehead atoms. The number of rotatable bonds is 4. The second-order valence-corrected chi connectivity index (χ2v) is 13.7. The number of benzene rings is 4. The third-order valence-corrected chi connectivity index (χ3v) is 11.2. The van der Waals surface area contributed by atoms with E-state index in [1.807, 2.05) is 0 Å². The molecule has 0 amide bonds. The van der Waals surface area contributed by atoms with Crippen molar-refractivity contribution in [3.05, 3.63) is 168 Å². The van der Waals surface area contributed by atoms with Crippen LogP contribution in [0.1, 0.15) is 22.8 Å². The number of hydrogen-bond acceptors (Lipinski definition) is 2. The van der Waals surface area contributed by atoms with Crippen LogP contribution in [0.2, 0.25) is 0 Å². The molecule has 0 saturated carbocycles. The van der Waals surface area contributed by atoms with Crippen LogP contribution in [0.5, 0.6) is 0 Å². The van der Waals surface area contributed by atoms with Crippen LogP contribution in [0.3, 0.4) is 0 Å². The van der Waals surface area contributed by atoms with E-state index in [-0.39, 0.29) is 0 Å². The van der Waals surface area contributed by atoms with Gasteiger partial charge in [-0.1, -0.05) is 0 Å². The predicted molar refractivity (Wildman–Crippen MR) is 204 cm³/mol. The van der Waals surface area contributed by atoms with Crippen molar-refractivity contribution >= 4 is 61.6 Å². The second kappa shape index (κ2) is 11.3. The summed E-state index contributed by atoms with van der Waals surface area (Å²) in [6.45, 7) is 0. The van der Waals surface area contributed by atoms with Crippen molar-refractivity contribution in [3.8, 4) is 44.5 Å². The van der Waals surface area contributed by atoms with Crippen LogP contribution >= 0.6 is 0 Å². The fourth-order valence-electron chi connectivity index (χ4n) is 7.48. The first-order chi connectivity index (χ1) is 24.3. The first kappa shape index (κ1) is 28.1. The molecule has 49 heavy (non-hydrogen) atoms. The Morgan fingerprint density at radius 2 is 0.551 bits per heavy atom. The molecule has 0 N–H and O–H groups in total. The van der Waals surface area contributed by atoms with Gasteiger partial charge in [0.15, 0.2) is 0 Å². The Balaban J connectivity index is 1.53. The first-order valence-corrected chi connectivity index (χ1v) is 17.6. The fourth-order valence-corrected chi connectivity index (χ4v) is 9.07. The van der Waals surface area contributed by atoms with Crippen molar-refractivity contribution in [2.24, 2.45) is 0 Å². The Kier molecular flexibility index (Phi) is 6.48. The molecular weight excluding hydrogens is 611 g/mol. The van der Waals surface area contributed by atoms with Gasteiger partial charge in [0.05, 0.1) is 0 Å². The molecule has 4 nitrogen and oxygen atoms in total. The molecule has 5 heteroatoms. The molecule has 0 spiro atoms. The van der Waals surface area contributed by atoms with Gasteiger partial charge in [-0.15, -0.1) is 0 Å². The molecule has 4 aromatic heterocycles. The zero-order valence-corrected chi connectivity index (χ0v) is 27.7. The van der Waals surface area contributed by atoms with Gasteiger partial charge < -0.3 is 0 Å². The summed E-state index contributed by atoms with van der Waals surface area (Å²) >= 11 is -0.533. The standard InChI is InChI=1S/C44H28N4.Al/c1-5-13-29(14-6-1)41-33-21-23-35(45-33)42(30-15-7-2-8-16-30)37-25-27-39(47-37)44(32-19-11-4-12-20-32)40-28-26-38(48-40)43(31-17-9-3-10-18-31)36-24-22-34(41)46-36;/h1-28H;/q-2;+3. The van der Waals surface area contributed by atoms with E-state index in [1.165, 1.54) is 0 Å². The van der Waals surface area contributed by atoms with Gasteiger partial charge in [-0.25, -0.2) is 0 Å². The molecule has 10 rings (SSSR count). The van der Waals surface area contributed by atoms with Crippen LogP contribution in [0.25, 0.3) is 90.9 Å². The zero-order chi connectivity index (χ0) is 32.3. The summed E-state index contributed by atoms with van der Waals surface area (Å²) in [6.07, 6.45) is 8.77.